The summed E-state index contributed by atoms with van der Waals surface area (Å²) in [6.45, 7) is 1.66. The van der Waals surface area contributed by atoms with Crippen LogP contribution < -0.4 is 10.9 Å². The second-order valence-corrected chi connectivity index (χ2v) is 5.97. The molecule has 10 heteroatoms. The van der Waals surface area contributed by atoms with Crippen LogP contribution in [-0.4, -0.2) is 33.2 Å². The van der Waals surface area contributed by atoms with Crippen LogP contribution in [0.2, 0.25) is 0 Å². The number of ether oxygens (including phenoxy) is 1. The Hall–Kier alpha value is -4.34. The maximum absolute atomic E-state index is 12.6. The molecule has 0 saturated carbocycles. The Labute approximate surface area is 169 Å². The van der Waals surface area contributed by atoms with Crippen LogP contribution in [0, 0.1) is 10.1 Å². The van der Waals surface area contributed by atoms with Gasteiger partial charge in [-0.1, -0.05) is 24.3 Å². The average molecular weight is 408 g/mol. The summed E-state index contributed by atoms with van der Waals surface area (Å²) in [6.07, 6.45) is 0. The van der Waals surface area contributed by atoms with Gasteiger partial charge >= 0.3 is 5.97 Å². The predicted octanol–water partition coefficient (Wildman–Crippen LogP) is 2.57. The topological polar surface area (TPSA) is 133 Å². The number of esters is 1. The Kier molecular flexibility index (Phi) is 5.97. The molecule has 1 amide bonds. The number of nitro groups is 1. The highest BCUT2D eigenvalue weighted by Gasteiger charge is 2.21. The van der Waals surface area contributed by atoms with Gasteiger partial charge in [-0.2, -0.15) is 9.78 Å². The average Bonchev–Trinajstić information content (AvgIpc) is 2.74. The van der Waals surface area contributed by atoms with Crippen molar-refractivity contribution in [3.63, 3.8) is 0 Å². The number of non-ortho nitro benzene ring substituents is 1. The summed E-state index contributed by atoms with van der Waals surface area (Å²) in [5, 5.41) is 17.4. The van der Waals surface area contributed by atoms with Gasteiger partial charge in [-0.05, 0) is 25.1 Å². The van der Waals surface area contributed by atoms with Crippen LogP contribution in [0.4, 0.5) is 11.4 Å². The van der Waals surface area contributed by atoms with Crippen molar-refractivity contribution < 1.29 is 19.2 Å². The molecule has 1 heterocycles. The molecular weight excluding hydrogens is 392 g/mol. The fourth-order valence-corrected chi connectivity index (χ4v) is 2.61. The molecule has 0 radical (unpaired) electrons. The van der Waals surface area contributed by atoms with E-state index in [9.17, 15) is 24.5 Å². The van der Waals surface area contributed by atoms with E-state index >= 15 is 0 Å². The van der Waals surface area contributed by atoms with Gasteiger partial charge in [0.2, 0.25) is 0 Å². The summed E-state index contributed by atoms with van der Waals surface area (Å²) in [6, 6.07) is 14.5. The standard InChI is InChI=1S/C20H16N4O6/c1-2-30-20(27)18-16(12-17(25)23(22-18)14-8-4-3-5-9-14)21-19(26)13-7-6-10-15(11-13)24(28)29/h3-12H,2H2,1H3,(H,21,26). The summed E-state index contributed by atoms with van der Waals surface area (Å²) in [4.78, 5) is 47.8. The van der Waals surface area contributed by atoms with Gasteiger partial charge in [-0.15, -0.1) is 0 Å². The molecule has 0 atom stereocenters. The number of rotatable bonds is 6. The molecule has 3 rings (SSSR count). The first kappa shape index (κ1) is 20.4. The van der Waals surface area contributed by atoms with Crippen LogP contribution in [0.5, 0.6) is 0 Å². The summed E-state index contributed by atoms with van der Waals surface area (Å²) < 4.78 is 5.99. The Balaban J connectivity index is 2.03. The highest BCUT2D eigenvalue weighted by Crippen LogP contribution is 2.17. The second kappa shape index (κ2) is 8.78. The number of hydrogen-bond donors (Lipinski definition) is 1. The van der Waals surface area contributed by atoms with Crippen molar-refractivity contribution in [3.8, 4) is 5.69 Å². The Morgan fingerprint density at radius 1 is 1.13 bits per heavy atom. The summed E-state index contributed by atoms with van der Waals surface area (Å²) in [5.74, 6) is -1.58. The first-order valence-corrected chi connectivity index (χ1v) is 8.83. The zero-order valence-electron chi connectivity index (χ0n) is 15.8. The minimum absolute atomic E-state index is 0.0220. The molecule has 2 aromatic carbocycles. The van der Waals surface area contributed by atoms with Gasteiger partial charge in [0, 0.05) is 23.8 Å². The fraction of sp³-hybridized carbons (Fsp3) is 0.100. The molecule has 1 aromatic heterocycles. The quantitative estimate of drug-likeness (QED) is 0.376. The van der Waals surface area contributed by atoms with E-state index < -0.39 is 22.4 Å². The third-order valence-electron chi connectivity index (χ3n) is 3.97. The smallest absolute Gasteiger partial charge is 0.360 e. The van der Waals surface area contributed by atoms with Crippen LogP contribution in [0.1, 0.15) is 27.8 Å². The van der Waals surface area contributed by atoms with Crippen LogP contribution >= 0.6 is 0 Å². The van der Waals surface area contributed by atoms with E-state index in [0.29, 0.717) is 5.69 Å². The molecule has 10 nitrogen and oxygen atoms in total. The van der Waals surface area contributed by atoms with Crippen LogP contribution in [0.25, 0.3) is 5.69 Å². The number of carbonyl (C=O) groups excluding carboxylic acids is 2. The molecule has 0 spiro atoms. The third kappa shape index (κ3) is 4.38. The minimum Gasteiger partial charge on any atom is -0.461 e. The second-order valence-electron chi connectivity index (χ2n) is 5.97. The number of amides is 1. The van der Waals surface area contributed by atoms with Gasteiger partial charge in [-0.3, -0.25) is 19.7 Å². The molecule has 0 aliphatic heterocycles. The summed E-state index contributed by atoms with van der Waals surface area (Å²) in [7, 11) is 0. The lowest BCUT2D eigenvalue weighted by atomic mass is 10.2. The number of anilines is 1. The van der Waals surface area contributed by atoms with E-state index in [1.165, 1.54) is 18.2 Å². The number of carbonyl (C=O) groups is 2. The Morgan fingerprint density at radius 3 is 2.53 bits per heavy atom. The molecule has 152 valence electrons. The van der Waals surface area contributed by atoms with Crippen molar-refractivity contribution >= 4 is 23.3 Å². The predicted molar refractivity (Wildman–Crippen MR) is 107 cm³/mol. The molecule has 0 unspecified atom stereocenters. The SMILES string of the molecule is CCOC(=O)c1nn(-c2ccccc2)c(=O)cc1NC(=O)c1cccc([N+](=O)[O-])c1. The lowest BCUT2D eigenvalue weighted by Crippen LogP contribution is -2.27. The van der Waals surface area contributed by atoms with Gasteiger partial charge in [0.15, 0.2) is 5.69 Å². The lowest BCUT2D eigenvalue weighted by Gasteiger charge is -2.12. The molecule has 0 bridgehead atoms. The van der Waals surface area contributed by atoms with Crippen LogP contribution in [0.15, 0.2) is 65.5 Å². The number of nitrogens with zero attached hydrogens (tertiary/aromatic N) is 3. The lowest BCUT2D eigenvalue weighted by molar-refractivity contribution is -0.384. The van der Waals surface area contributed by atoms with E-state index in [-0.39, 0.29) is 29.2 Å². The number of para-hydroxylation sites is 1. The van der Waals surface area contributed by atoms with Crippen molar-refractivity contribution in [1.29, 1.82) is 0 Å². The van der Waals surface area contributed by atoms with E-state index in [4.69, 9.17) is 4.74 Å². The molecular formula is C20H16N4O6. The van der Waals surface area contributed by atoms with E-state index in [0.717, 1.165) is 16.8 Å². The maximum atomic E-state index is 12.6. The highest BCUT2D eigenvalue weighted by molar-refractivity contribution is 6.07. The van der Waals surface area contributed by atoms with Gasteiger partial charge in [0.25, 0.3) is 17.2 Å². The van der Waals surface area contributed by atoms with E-state index in [2.05, 4.69) is 10.4 Å². The Morgan fingerprint density at radius 2 is 1.87 bits per heavy atom. The van der Waals surface area contributed by atoms with Gasteiger partial charge in [0.1, 0.15) is 0 Å². The number of nitro benzene ring substituents is 1. The monoisotopic (exact) mass is 408 g/mol. The van der Waals surface area contributed by atoms with Crippen LogP contribution in [-0.2, 0) is 4.74 Å². The van der Waals surface area contributed by atoms with Crippen molar-refractivity contribution in [2.45, 2.75) is 6.92 Å². The van der Waals surface area contributed by atoms with Crippen molar-refractivity contribution in [2.24, 2.45) is 0 Å². The summed E-state index contributed by atoms with van der Waals surface area (Å²) in [5.41, 5.74) is -0.911. The van der Waals surface area contributed by atoms with Gasteiger partial charge in [0.05, 0.1) is 22.9 Å². The normalized spacial score (nSPS) is 10.3. The first-order chi connectivity index (χ1) is 14.4. The number of hydrogen-bond acceptors (Lipinski definition) is 7. The third-order valence-corrected chi connectivity index (χ3v) is 3.97. The van der Waals surface area contributed by atoms with Crippen molar-refractivity contribution in [1.82, 2.24) is 9.78 Å². The van der Waals surface area contributed by atoms with Crippen LogP contribution in [0.3, 0.4) is 0 Å². The molecule has 0 aliphatic rings. The zero-order valence-corrected chi connectivity index (χ0v) is 15.8. The first-order valence-electron chi connectivity index (χ1n) is 8.83. The maximum Gasteiger partial charge on any atom is 0.360 e. The van der Waals surface area contributed by atoms with Crippen molar-refractivity contribution in [3.05, 3.63) is 92.4 Å². The summed E-state index contributed by atoms with van der Waals surface area (Å²) >= 11 is 0. The molecule has 3 aromatic rings. The Bertz CT molecular complexity index is 1170. The molecule has 30 heavy (non-hydrogen) atoms. The molecule has 0 fully saturated rings. The van der Waals surface area contributed by atoms with Gasteiger partial charge < -0.3 is 10.1 Å². The zero-order chi connectivity index (χ0) is 21.7. The molecule has 1 N–H and O–H groups in total. The largest absolute Gasteiger partial charge is 0.461 e. The van der Waals surface area contributed by atoms with Crippen molar-refractivity contribution in [2.75, 3.05) is 11.9 Å². The van der Waals surface area contributed by atoms with E-state index in [1.807, 2.05) is 0 Å². The highest BCUT2D eigenvalue weighted by atomic mass is 16.6. The number of nitrogens with one attached hydrogen (secondary N) is 1. The number of benzene rings is 2. The minimum atomic E-state index is -0.837. The molecule has 0 saturated heterocycles. The van der Waals surface area contributed by atoms with Gasteiger partial charge in [-0.25, -0.2) is 4.79 Å². The molecule has 0 aliphatic carbocycles. The number of aromatic nitrogens is 2. The fourth-order valence-electron chi connectivity index (χ4n) is 2.61. The van der Waals surface area contributed by atoms with E-state index in [1.54, 1.807) is 37.3 Å².